The molecule has 0 bridgehead atoms. The number of aromatic nitrogens is 2. The van der Waals surface area contributed by atoms with Gasteiger partial charge >= 0.3 is 0 Å². The number of hydrogen-bond acceptors (Lipinski definition) is 6. The van der Waals surface area contributed by atoms with Gasteiger partial charge in [-0.15, -0.1) is 0 Å². The number of carbonyl (C=O) groups excluding carboxylic acids is 1. The fourth-order valence-corrected chi connectivity index (χ4v) is 4.37. The van der Waals surface area contributed by atoms with E-state index in [9.17, 15) is 13.2 Å². The molecule has 1 aliphatic rings. The van der Waals surface area contributed by atoms with Gasteiger partial charge in [0.25, 0.3) is 10.0 Å². The van der Waals surface area contributed by atoms with Gasteiger partial charge in [0.15, 0.2) is 0 Å². The second-order valence-corrected chi connectivity index (χ2v) is 8.35. The summed E-state index contributed by atoms with van der Waals surface area (Å²) in [7, 11) is -3.58. The average molecular weight is 421 g/mol. The second kappa shape index (κ2) is 8.03. The lowest BCUT2D eigenvalue weighted by molar-refractivity contribution is -0.116. The van der Waals surface area contributed by atoms with Gasteiger partial charge in [-0.05, 0) is 37.3 Å². The van der Waals surface area contributed by atoms with Crippen LogP contribution in [-0.4, -0.2) is 36.7 Å². The third-order valence-electron chi connectivity index (χ3n) is 4.49. The van der Waals surface area contributed by atoms with E-state index in [1.807, 2.05) is 31.2 Å². The standard InChI is InChI=1S/C21H19N5O3S/c1-14-22-11-9-18(24-14)15-5-4-6-16(13-15)25-20(27)10-12-23-21-17-7-2-3-8-19(17)30(28,29)26-21/h2-9,11,13H,10,12H2,1H3,(H,23,26)(H,25,27). The Bertz CT molecular complexity index is 1250. The highest BCUT2D eigenvalue weighted by molar-refractivity contribution is 7.90. The molecule has 0 fully saturated rings. The zero-order valence-corrected chi connectivity index (χ0v) is 17.0. The van der Waals surface area contributed by atoms with Gasteiger partial charge in [-0.2, -0.15) is 0 Å². The number of anilines is 1. The van der Waals surface area contributed by atoms with Gasteiger partial charge in [0, 0.05) is 29.4 Å². The summed E-state index contributed by atoms with van der Waals surface area (Å²) in [6.45, 7) is 1.97. The SMILES string of the molecule is Cc1nccc(-c2cccc(NC(=O)CCN=C3NS(=O)(=O)c4ccccc43)c2)n1. The van der Waals surface area contributed by atoms with Crippen molar-refractivity contribution in [1.82, 2.24) is 14.7 Å². The van der Waals surface area contributed by atoms with Crippen molar-refractivity contribution in [2.75, 3.05) is 11.9 Å². The number of sulfonamides is 1. The number of fused-ring (bicyclic) bond motifs is 1. The first-order chi connectivity index (χ1) is 14.4. The number of carbonyl (C=O) groups is 1. The Balaban J connectivity index is 1.41. The molecule has 0 radical (unpaired) electrons. The molecule has 2 N–H and O–H groups in total. The van der Waals surface area contributed by atoms with Crippen LogP contribution in [0.2, 0.25) is 0 Å². The van der Waals surface area contributed by atoms with E-state index in [-0.39, 0.29) is 29.6 Å². The minimum atomic E-state index is -3.58. The van der Waals surface area contributed by atoms with Crippen LogP contribution in [-0.2, 0) is 14.8 Å². The predicted octanol–water partition coefficient (Wildman–Crippen LogP) is 2.52. The van der Waals surface area contributed by atoms with Crippen LogP contribution in [0.1, 0.15) is 17.8 Å². The van der Waals surface area contributed by atoms with E-state index in [0.717, 1.165) is 11.3 Å². The Labute approximate surface area is 174 Å². The molecule has 152 valence electrons. The lowest BCUT2D eigenvalue weighted by atomic mass is 10.1. The molecule has 0 unspecified atom stereocenters. The number of amidine groups is 1. The van der Waals surface area contributed by atoms with E-state index in [1.165, 1.54) is 6.07 Å². The van der Waals surface area contributed by atoms with Crippen LogP contribution in [0.3, 0.4) is 0 Å². The lowest BCUT2D eigenvalue weighted by Crippen LogP contribution is -2.23. The van der Waals surface area contributed by atoms with Crippen molar-refractivity contribution in [3.05, 3.63) is 72.2 Å². The van der Waals surface area contributed by atoms with Crippen LogP contribution in [0.4, 0.5) is 5.69 Å². The first-order valence-corrected chi connectivity index (χ1v) is 10.8. The molecular weight excluding hydrogens is 402 g/mol. The Hall–Kier alpha value is -3.59. The van der Waals surface area contributed by atoms with E-state index < -0.39 is 10.0 Å². The third-order valence-corrected chi connectivity index (χ3v) is 5.89. The number of aliphatic imine (C=N–C) groups is 1. The molecule has 0 atom stereocenters. The monoisotopic (exact) mass is 421 g/mol. The molecule has 0 saturated heterocycles. The summed E-state index contributed by atoms with van der Waals surface area (Å²) in [6, 6.07) is 15.8. The number of benzene rings is 2. The highest BCUT2D eigenvalue weighted by Gasteiger charge is 2.29. The van der Waals surface area contributed by atoms with E-state index in [4.69, 9.17) is 0 Å². The van der Waals surface area contributed by atoms with E-state index >= 15 is 0 Å². The van der Waals surface area contributed by atoms with E-state index in [1.54, 1.807) is 30.5 Å². The minimum Gasteiger partial charge on any atom is -0.326 e. The molecule has 0 spiro atoms. The van der Waals surface area contributed by atoms with Crippen LogP contribution >= 0.6 is 0 Å². The summed E-state index contributed by atoms with van der Waals surface area (Å²) in [5, 5.41) is 2.84. The van der Waals surface area contributed by atoms with Gasteiger partial charge in [0.2, 0.25) is 5.91 Å². The van der Waals surface area contributed by atoms with Gasteiger partial charge in [-0.25, -0.2) is 18.4 Å². The Morgan fingerprint density at radius 1 is 1.13 bits per heavy atom. The number of amides is 1. The number of aryl methyl sites for hydroxylation is 1. The zero-order chi connectivity index (χ0) is 21.1. The molecule has 0 saturated carbocycles. The summed E-state index contributed by atoms with van der Waals surface area (Å²) in [5.41, 5.74) is 2.81. The molecule has 30 heavy (non-hydrogen) atoms. The fraction of sp³-hybridized carbons (Fsp3) is 0.143. The quantitative estimate of drug-likeness (QED) is 0.657. The number of rotatable bonds is 5. The average Bonchev–Trinajstić information content (AvgIpc) is 2.99. The van der Waals surface area contributed by atoms with Crippen molar-refractivity contribution in [2.45, 2.75) is 18.2 Å². The summed E-state index contributed by atoms with van der Waals surface area (Å²) in [4.78, 5) is 25.3. The van der Waals surface area contributed by atoms with Crippen molar-refractivity contribution in [2.24, 2.45) is 4.99 Å². The van der Waals surface area contributed by atoms with Crippen molar-refractivity contribution >= 4 is 27.5 Å². The van der Waals surface area contributed by atoms with Crippen LogP contribution in [0.25, 0.3) is 11.3 Å². The number of nitrogens with zero attached hydrogens (tertiary/aromatic N) is 3. The third kappa shape index (κ3) is 4.20. The summed E-state index contributed by atoms with van der Waals surface area (Å²) in [6.07, 6.45) is 1.81. The van der Waals surface area contributed by atoms with Crippen molar-refractivity contribution in [1.29, 1.82) is 0 Å². The highest BCUT2D eigenvalue weighted by Crippen LogP contribution is 2.23. The van der Waals surface area contributed by atoms with Gasteiger partial charge < -0.3 is 5.32 Å². The Morgan fingerprint density at radius 2 is 1.97 bits per heavy atom. The largest absolute Gasteiger partial charge is 0.326 e. The fourth-order valence-electron chi connectivity index (χ4n) is 3.12. The van der Waals surface area contributed by atoms with E-state index in [2.05, 4.69) is 25.0 Å². The summed E-state index contributed by atoms with van der Waals surface area (Å²) < 4.78 is 26.6. The van der Waals surface area contributed by atoms with Crippen LogP contribution in [0.5, 0.6) is 0 Å². The normalized spacial score (nSPS) is 15.4. The molecule has 0 aliphatic carbocycles. The first kappa shape index (κ1) is 19.7. The molecule has 8 nitrogen and oxygen atoms in total. The van der Waals surface area contributed by atoms with Gasteiger partial charge in [-0.1, -0.05) is 24.3 Å². The maximum atomic E-state index is 12.3. The number of nitrogens with one attached hydrogen (secondary N) is 2. The van der Waals surface area contributed by atoms with Gasteiger partial charge in [0.1, 0.15) is 11.7 Å². The highest BCUT2D eigenvalue weighted by atomic mass is 32.2. The second-order valence-electron chi connectivity index (χ2n) is 6.70. The maximum Gasteiger partial charge on any atom is 0.263 e. The molecular formula is C21H19N5O3S. The molecule has 4 rings (SSSR count). The maximum absolute atomic E-state index is 12.3. The Morgan fingerprint density at radius 3 is 2.80 bits per heavy atom. The van der Waals surface area contributed by atoms with Crippen molar-refractivity contribution in [3.8, 4) is 11.3 Å². The topological polar surface area (TPSA) is 113 Å². The molecule has 9 heteroatoms. The van der Waals surface area contributed by atoms with Crippen LogP contribution < -0.4 is 10.0 Å². The smallest absolute Gasteiger partial charge is 0.263 e. The van der Waals surface area contributed by atoms with Crippen molar-refractivity contribution < 1.29 is 13.2 Å². The first-order valence-electron chi connectivity index (χ1n) is 9.29. The molecule has 3 aromatic rings. The minimum absolute atomic E-state index is 0.115. The lowest BCUT2D eigenvalue weighted by Gasteiger charge is -2.07. The van der Waals surface area contributed by atoms with Crippen molar-refractivity contribution in [3.63, 3.8) is 0 Å². The van der Waals surface area contributed by atoms with Gasteiger partial charge in [0.05, 0.1) is 17.1 Å². The molecule has 1 aromatic heterocycles. The summed E-state index contributed by atoms with van der Waals surface area (Å²) >= 11 is 0. The van der Waals surface area contributed by atoms with E-state index in [0.29, 0.717) is 17.1 Å². The Kier molecular flexibility index (Phi) is 5.28. The molecule has 1 amide bonds. The molecule has 1 aliphatic heterocycles. The zero-order valence-electron chi connectivity index (χ0n) is 16.2. The van der Waals surface area contributed by atoms with Gasteiger partial charge in [-0.3, -0.25) is 14.5 Å². The predicted molar refractivity (Wildman–Crippen MR) is 114 cm³/mol. The molecule has 2 heterocycles. The van der Waals surface area contributed by atoms with Crippen LogP contribution in [0.15, 0.2) is 70.7 Å². The van der Waals surface area contributed by atoms with Crippen LogP contribution in [0, 0.1) is 6.92 Å². The number of hydrogen-bond donors (Lipinski definition) is 2. The molecule has 2 aromatic carbocycles. The summed E-state index contributed by atoms with van der Waals surface area (Å²) in [5.74, 6) is 0.717.